The number of carbonyl (C=O) groups excluding carboxylic acids is 1. The van der Waals surface area contributed by atoms with Gasteiger partial charge in [0, 0.05) is 24.3 Å². The molecular weight excluding hydrogens is 242 g/mol. The number of urea groups is 1. The van der Waals surface area contributed by atoms with Crippen molar-refractivity contribution in [2.75, 3.05) is 25.5 Å². The molecule has 5 nitrogen and oxygen atoms in total. The number of hydrogen-bond acceptors (Lipinski definition) is 3. The van der Waals surface area contributed by atoms with E-state index in [0.29, 0.717) is 12.6 Å². The van der Waals surface area contributed by atoms with Crippen LogP contribution in [-0.4, -0.2) is 32.3 Å². The molecular formula is C14H21N3O2. The third-order valence-electron chi connectivity index (χ3n) is 3.27. The minimum absolute atomic E-state index is 0.175. The van der Waals surface area contributed by atoms with Gasteiger partial charge in [0.25, 0.3) is 0 Å². The minimum atomic E-state index is -0.175. The molecule has 0 unspecified atom stereocenters. The Morgan fingerprint density at radius 3 is 3.16 bits per heavy atom. The van der Waals surface area contributed by atoms with Crippen LogP contribution in [0.4, 0.5) is 10.5 Å². The molecule has 0 radical (unpaired) electrons. The highest BCUT2D eigenvalue weighted by Crippen LogP contribution is 2.16. The summed E-state index contributed by atoms with van der Waals surface area (Å²) in [5.41, 5.74) is 0.732. The van der Waals surface area contributed by atoms with Crippen molar-refractivity contribution in [3.05, 3.63) is 24.3 Å². The van der Waals surface area contributed by atoms with Crippen molar-refractivity contribution in [1.82, 2.24) is 10.6 Å². The highest BCUT2D eigenvalue weighted by Gasteiger charge is 2.13. The molecule has 1 saturated heterocycles. The van der Waals surface area contributed by atoms with Crippen LogP contribution < -0.4 is 20.7 Å². The molecule has 1 atom stereocenters. The van der Waals surface area contributed by atoms with E-state index in [1.54, 1.807) is 13.2 Å². The Bertz CT molecular complexity index is 417. The molecule has 0 aliphatic carbocycles. The minimum Gasteiger partial charge on any atom is -0.497 e. The maximum Gasteiger partial charge on any atom is 0.319 e. The second-order valence-electron chi connectivity index (χ2n) is 4.69. The molecule has 1 aromatic carbocycles. The number of nitrogens with one attached hydrogen (secondary N) is 3. The van der Waals surface area contributed by atoms with E-state index in [1.807, 2.05) is 18.2 Å². The van der Waals surface area contributed by atoms with E-state index in [1.165, 1.54) is 12.8 Å². The zero-order valence-corrected chi connectivity index (χ0v) is 11.2. The summed E-state index contributed by atoms with van der Waals surface area (Å²) in [5.74, 6) is 0.730. The molecule has 1 fully saturated rings. The number of methoxy groups -OCH3 is 1. The van der Waals surface area contributed by atoms with E-state index >= 15 is 0 Å². The number of anilines is 1. The lowest BCUT2D eigenvalue weighted by atomic mass is 10.1. The molecule has 0 spiro atoms. The number of rotatable bonds is 5. The first-order valence-electron chi connectivity index (χ1n) is 6.70. The molecule has 2 rings (SSSR count). The summed E-state index contributed by atoms with van der Waals surface area (Å²) in [5, 5.41) is 9.06. The van der Waals surface area contributed by atoms with Crippen molar-refractivity contribution < 1.29 is 9.53 Å². The van der Waals surface area contributed by atoms with Crippen molar-refractivity contribution >= 4 is 11.7 Å². The summed E-state index contributed by atoms with van der Waals surface area (Å²) in [6.07, 6.45) is 3.42. The molecule has 1 aliphatic heterocycles. The van der Waals surface area contributed by atoms with Crippen molar-refractivity contribution in [3.63, 3.8) is 0 Å². The first-order chi connectivity index (χ1) is 9.28. The molecule has 2 amide bonds. The zero-order valence-electron chi connectivity index (χ0n) is 11.2. The Labute approximate surface area is 113 Å². The molecule has 0 saturated carbocycles. The Morgan fingerprint density at radius 1 is 1.53 bits per heavy atom. The van der Waals surface area contributed by atoms with Crippen molar-refractivity contribution in [1.29, 1.82) is 0 Å². The van der Waals surface area contributed by atoms with Gasteiger partial charge in [-0.1, -0.05) is 6.07 Å². The summed E-state index contributed by atoms with van der Waals surface area (Å²) < 4.78 is 5.11. The molecule has 1 heterocycles. The van der Waals surface area contributed by atoms with Crippen LogP contribution in [0.2, 0.25) is 0 Å². The zero-order chi connectivity index (χ0) is 13.5. The van der Waals surface area contributed by atoms with Crippen LogP contribution in [0.1, 0.15) is 19.3 Å². The Morgan fingerprint density at radius 2 is 2.42 bits per heavy atom. The standard InChI is InChI=1S/C14H21N3O2/c1-19-13-6-2-4-12(10-13)17-14(18)16-9-7-11-5-3-8-15-11/h2,4,6,10-11,15H,3,5,7-9H2,1H3,(H2,16,17,18)/t11-/m1/s1. The summed E-state index contributed by atoms with van der Waals surface area (Å²) >= 11 is 0. The monoisotopic (exact) mass is 263 g/mol. The molecule has 3 N–H and O–H groups in total. The SMILES string of the molecule is COc1cccc(NC(=O)NCC[C@H]2CCCN2)c1. The predicted octanol–water partition coefficient (Wildman–Crippen LogP) is 1.96. The van der Waals surface area contributed by atoms with Crippen LogP contribution in [0.5, 0.6) is 5.75 Å². The molecule has 1 aromatic rings. The summed E-state index contributed by atoms with van der Waals surface area (Å²) in [6.45, 7) is 1.79. The van der Waals surface area contributed by atoms with Gasteiger partial charge in [-0.3, -0.25) is 0 Å². The van der Waals surface area contributed by atoms with E-state index in [0.717, 1.165) is 24.4 Å². The topological polar surface area (TPSA) is 62.4 Å². The Kier molecular flexibility index (Phi) is 5.03. The molecule has 0 bridgehead atoms. The van der Waals surface area contributed by atoms with Crippen molar-refractivity contribution in [3.8, 4) is 5.75 Å². The van der Waals surface area contributed by atoms with Gasteiger partial charge in [0.15, 0.2) is 0 Å². The molecule has 19 heavy (non-hydrogen) atoms. The first-order valence-corrected chi connectivity index (χ1v) is 6.70. The lowest BCUT2D eigenvalue weighted by molar-refractivity contribution is 0.251. The fraction of sp³-hybridized carbons (Fsp3) is 0.500. The summed E-state index contributed by atoms with van der Waals surface area (Å²) in [7, 11) is 1.60. The molecule has 0 aromatic heterocycles. The summed E-state index contributed by atoms with van der Waals surface area (Å²) in [6, 6.07) is 7.69. The van der Waals surface area contributed by atoms with Crippen LogP contribution in [0, 0.1) is 0 Å². The average molecular weight is 263 g/mol. The number of ether oxygens (including phenoxy) is 1. The van der Waals surface area contributed by atoms with Crippen LogP contribution in [0.15, 0.2) is 24.3 Å². The van der Waals surface area contributed by atoms with Gasteiger partial charge in [0.2, 0.25) is 0 Å². The smallest absolute Gasteiger partial charge is 0.319 e. The van der Waals surface area contributed by atoms with E-state index < -0.39 is 0 Å². The predicted molar refractivity (Wildman–Crippen MR) is 75.7 cm³/mol. The lowest BCUT2D eigenvalue weighted by Gasteiger charge is -2.11. The first kappa shape index (κ1) is 13.7. The molecule has 104 valence electrons. The molecule has 1 aliphatic rings. The Balaban J connectivity index is 1.70. The number of hydrogen-bond donors (Lipinski definition) is 3. The van der Waals surface area contributed by atoms with E-state index in [2.05, 4.69) is 16.0 Å². The van der Waals surface area contributed by atoms with E-state index in [4.69, 9.17) is 4.74 Å². The van der Waals surface area contributed by atoms with Crippen LogP contribution in [-0.2, 0) is 0 Å². The lowest BCUT2D eigenvalue weighted by Crippen LogP contribution is -2.33. The quantitative estimate of drug-likeness (QED) is 0.761. The normalized spacial score (nSPS) is 18.1. The number of carbonyl (C=O) groups is 1. The van der Waals surface area contributed by atoms with E-state index in [-0.39, 0.29) is 6.03 Å². The number of benzene rings is 1. The van der Waals surface area contributed by atoms with Crippen molar-refractivity contribution in [2.45, 2.75) is 25.3 Å². The van der Waals surface area contributed by atoms with Gasteiger partial charge in [0.1, 0.15) is 5.75 Å². The largest absolute Gasteiger partial charge is 0.497 e. The Hall–Kier alpha value is -1.75. The van der Waals surface area contributed by atoms with Gasteiger partial charge in [-0.15, -0.1) is 0 Å². The fourth-order valence-corrected chi connectivity index (χ4v) is 2.24. The van der Waals surface area contributed by atoms with Crippen LogP contribution >= 0.6 is 0 Å². The van der Waals surface area contributed by atoms with Gasteiger partial charge in [-0.05, 0) is 37.9 Å². The van der Waals surface area contributed by atoms with E-state index in [9.17, 15) is 4.79 Å². The maximum atomic E-state index is 11.7. The maximum absolute atomic E-state index is 11.7. The van der Waals surface area contributed by atoms with Gasteiger partial charge in [-0.25, -0.2) is 4.79 Å². The van der Waals surface area contributed by atoms with Crippen molar-refractivity contribution in [2.24, 2.45) is 0 Å². The van der Waals surface area contributed by atoms with Gasteiger partial charge >= 0.3 is 6.03 Å². The fourth-order valence-electron chi connectivity index (χ4n) is 2.24. The highest BCUT2D eigenvalue weighted by molar-refractivity contribution is 5.89. The second kappa shape index (κ2) is 6.99. The third-order valence-corrected chi connectivity index (χ3v) is 3.27. The van der Waals surface area contributed by atoms with Gasteiger partial charge in [0.05, 0.1) is 7.11 Å². The average Bonchev–Trinajstić information content (AvgIpc) is 2.92. The highest BCUT2D eigenvalue weighted by atomic mass is 16.5. The third kappa shape index (κ3) is 4.44. The summed E-state index contributed by atoms with van der Waals surface area (Å²) in [4.78, 5) is 11.7. The van der Waals surface area contributed by atoms with Crippen LogP contribution in [0.3, 0.4) is 0 Å². The number of amides is 2. The molecule has 5 heteroatoms. The van der Waals surface area contributed by atoms with Crippen LogP contribution in [0.25, 0.3) is 0 Å². The van der Waals surface area contributed by atoms with Gasteiger partial charge in [-0.2, -0.15) is 0 Å². The van der Waals surface area contributed by atoms with Gasteiger partial charge < -0.3 is 20.7 Å². The second-order valence-corrected chi connectivity index (χ2v) is 4.69.